The summed E-state index contributed by atoms with van der Waals surface area (Å²) in [6.07, 6.45) is 3.48. The summed E-state index contributed by atoms with van der Waals surface area (Å²) in [5, 5.41) is 6.92. The standard InChI is InChI=1S/C24H23N5O2S/c1-16(27-17(2)30)24-26-14-21(32-24)20-9-6-10-22(28-20)29-23-13-19(11-12-25-23)31-15-18-7-4-3-5-8-18/h3-14,16H,15H2,1-2H3,(H,27,30)(H,25,28,29)/t16-/m0/s1. The monoisotopic (exact) mass is 445 g/mol. The van der Waals surface area contributed by atoms with Gasteiger partial charge in [0.15, 0.2) is 0 Å². The van der Waals surface area contributed by atoms with Crippen molar-refractivity contribution in [3.05, 3.63) is 83.6 Å². The number of hydrogen-bond acceptors (Lipinski definition) is 7. The lowest BCUT2D eigenvalue weighted by Gasteiger charge is -2.09. The lowest BCUT2D eigenvalue weighted by Crippen LogP contribution is -2.23. The van der Waals surface area contributed by atoms with Gasteiger partial charge in [0.1, 0.15) is 29.0 Å². The Morgan fingerprint density at radius 2 is 1.91 bits per heavy atom. The molecule has 0 bridgehead atoms. The van der Waals surface area contributed by atoms with E-state index in [1.807, 2.05) is 67.6 Å². The zero-order valence-electron chi connectivity index (χ0n) is 17.8. The number of thiazole rings is 1. The summed E-state index contributed by atoms with van der Waals surface area (Å²) in [6, 6.07) is 19.3. The minimum absolute atomic E-state index is 0.0824. The van der Waals surface area contributed by atoms with E-state index in [0.29, 0.717) is 18.2 Å². The Balaban J connectivity index is 1.44. The van der Waals surface area contributed by atoms with Crippen molar-refractivity contribution in [3.63, 3.8) is 0 Å². The van der Waals surface area contributed by atoms with E-state index in [1.165, 1.54) is 18.3 Å². The van der Waals surface area contributed by atoms with Crippen LogP contribution in [0.2, 0.25) is 0 Å². The Morgan fingerprint density at radius 1 is 1.06 bits per heavy atom. The number of hydrogen-bond donors (Lipinski definition) is 2. The second-order valence-electron chi connectivity index (χ2n) is 7.17. The molecule has 4 aromatic rings. The van der Waals surface area contributed by atoms with Crippen LogP contribution in [-0.2, 0) is 11.4 Å². The molecule has 3 heterocycles. The van der Waals surface area contributed by atoms with Gasteiger partial charge in [-0.25, -0.2) is 15.0 Å². The summed E-state index contributed by atoms with van der Waals surface area (Å²) in [5.41, 5.74) is 1.90. The normalized spacial score (nSPS) is 11.6. The zero-order valence-corrected chi connectivity index (χ0v) is 18.6. The molecule has 4 rings (SSSR count). The molecule has 0 spiro atoms. The van der Waals surface area contributed by atoms with Crippen LogP contribution in [0.25, 0.3) is 10.6 Å². The maximum atomic E-state index is 11.3. The van der Waals surface area contributed by atoms with Crippen molar-refractivity contribution in [1.29, 1.82) is 0 Å². The Kier molecular flexibility index (Phi) is 6.72. The van der Waals surface area contributed by atoms with Gasteiger partial charge < -0.3 is 15.4 Å². The molecule has 0 radical (unpaired) electrons. The molecule has 0 aliphatic heterocycles. The second kappa shape index (κ2) is 10.0. The molecule has 1 atom stereocenters. The minimum atomic E-state index is -0.143. The Bertz CT molecular complexity index is 1200. The highest BCUT2D eigenvalue weighted by Gasteiger charge is 2.13. The van der Waals surface area contributed by atoms with Crippen LogP contribution in [0, 0.1) is 0 Å². The number of carbonyl (C=O) groups excluding carboxylic acids is 1. The molecular formula is C24H23N5O2S. The number of nitrogens with zero attached hydrogens (tertiary/aromatic N) is 3. The van der Waals surface area contributed by atoms with Gasteiger partial charge in [0.05, 0.1) is 16.6 Å². The molecule has 1 amide bonds. The number of carbonyl (C=O) groups is 1. The van der Waals surface area contributed by atoms with Gasteiger partial charge in [-0.3, -0.25) is 4.79 Å². The number of benzene rings is 1. The number of rotatable bonds is 8. The summed E-state index contributed by atoms with van der Waals surface area (Å²) in [5.74, 6) is 1.95. The van der Waals surface area contributed by atoms with Crippen LogP contribution in [0.15, 0.2) is 73.1 Å². The fourth-order valence-corrected chi connectivity index (χ4v) is 3.95. The Hall–Kier alpha value is -3.78. The highest BCUT2D eigenvalue weighted by molar-refractivity contribution is 7.15. The predicted molar refractivity (Wildman–Crippen MR) is 126 cm³/mol. The zero-order chi connectivity index (χ0) is 22.3. The number of ether oxygens (including phenoxy) is 1. The SMILES string of the molecule is CC(=O)N[C@@H](C)c1ncc(-c2cccc(Nc3cc(OCc4ccccc4)ccn3)n2)s1. The molecule has 8 heteroatoms. The van der Waals surface area contributed by atoms with E-state index in [2.05, 4.69) is 25.6 Å². The second-order valence-corrected chi connectivity index (χ2v) is 8.23. The Morgan fingerprint density at radius 3 is 2.72 bits per heavy atom. The molecular weight excluding hydrogens is 422 g/mol. The van der Waals surface area contributed by atoms with Crippen molar-refractivity contribution in [2.24, 2.45) is 0 Å². The summed E-state index contributed by atoms with van der Waals surface area (Å²) >= 11 is 1.51. The third kappa shape index (κ3) is 5.67. The largest absolute Gasteiger partial charge is 0.489 e. The quantitative estimate of drug-likeness (QED) is 0.391. The van der Waals surface area contributed by atoms with Gasteiger partial charge in [-0.05, 0) is 30.7 Å². The first-order chi connectivity index (χ1) is 15.6. The number of nitrogens with one attached hydrogen (secondary N) is 2. The van der Waals surface area contributed by atoms with Crippen molar-refractivity contribution < 1.29 is 9.53 Å². The van der Waals surface area contributed by atoms with Gasteiger partial charge in [-0.15, -0.1) is 11.3 Å². The van der Waals surface area contributed by atoms with E-state index in [9.17, 15) is 4.79 Å². The molecule has 1 aromatic carbocycles. The fourth-order valence-electron chi connectivity index (χ4n) is 3.06. The molecule has 162 valence electrons. The third-order valence-corrected chi connectivity index (χ3v) is 5.75. The van der Waals surface area contributed by atoms with E-state index >= 15 is 0 Å². The highest BCUT2D eigenvalue weighted by atomic mass is 32.1. The van der Waals surface area contributed by atoms with Crippen molar-refractivity contribution >= 4 is 28.9 Å². The van der Waals surface area contributed by atoms with Crippen molar-refractivity contribution in [2.75, 3.05) is 5.32 Å². The van der Waals surface area contributed by atoms with Crippen LogP contribution in [0.4, 0.5) is 11.6 Å². The van der Waals surface area contributed by atoms with E-state index in [-0.39, 0.29) is 11.9 Å². The van der Waals surface area contributed by atoms with Gasteiger partial charge in [0.2, 0.25) is 5.91 Å². The molecule has 0 fully saturated rings. The topological polar surface area (TPSA) is 89.0 Å². The maximum Gasteiger partial charge on any atom is 0.217 e. The molecule has 0 aliphatic carbocycles. The van der Waals surface area contributed by atoms with E-state index < -0.39 is 0 Å². The molecule has 3 aromatic heterocycles. The van der Waals surface area contributed by atoms with E-state index in [4.69, 9.17) is 4.74 Å². The van der Waals surface area contributed by atoms with Crippen LogP contribution < -0.4 is 15.4 Å². The van der Waals surface area contributed by atoms with Crippen LogP contribution in [-0.4, -0.2) is 20.9 Å². The molecule has 0 aliphatic rings. The molecule has 7 nitrogen and oxygen atoms in total. The highest BCUT2D eigenvalue weighted by Crippen LogP contribution is 2.29. The minimum Gasteiger partial charge on any atom is -0.489 e. The average molecular weight is 446 g/mol. The third-order valence-electron chi connectivity index (χ3n) is 4.55. The molecule has 0 saturated carbocycles. The lowest BCUT2D eigenvalue weighted by molar-refractivity contribution is -0.119. The summed E-state index contributed by atoms with van der Waals surface area (Å²) in [4.78, 5) is 25.7. The number of amides is 1. The summed E-state index contributed by atoms with van der Waals surface area (Å²) in [6.45, 7) is 3.90. The number of anilines is 2. The predicted octanol–water partition coefficient (Wildman–Crippen LogP) is 5.12. The first-order valence-corrected chi connectivity index (χ1v) is 11.0. The van der Waals surface area contributed by atoms with Crippen LogP contribution in [0.5, 0.6) is 5.75 Å². The first kappa shape index (κ1) is 21.5. The van der Waals surface area contributed by atoms with Crippen LogP contribution in [0.3, 0.4) is 0 Å². The Labute approximate surface area is 190 Å². The molecule has 32 heavy (non-hydrogen) atoms. The van der Waals surface area contributed by atoms with E-state index in [1.54, 1.807) is 12.4 Å². The first-order valence-electron chi connectivity index (χ1n) is 10.2. The van der Waals surface area contributed by atoms with Crippen LogP contribution >= 0.6 is 11.3 Å². The van der Waals surface area contributed by atoms with E-state index in [0.717, 1.165) is 26.9 Å². The molecule has 0 unspecified atom stereocenters. The molecule has 2 N–H and O–H groups in total. The van der Waals surface area contributed by atoms with Gasteiger partial charge in [-0.1, -0.05) is 36.4 Å². The van der Waals surface area contributed by atoms with Gasteiger partial charge in [0, 0.05) is 25.4 Å². The average Bonchev–Trinajstić information content (AvgIpc) is 3.29. The van der Waals surface area contributed by atoms with Gasteiger partial charge >= 0.3 is 0 Å². The maximum absolute atomic E-state index is 11.3. The van der Waals surface area contributed by atoms with Crippen molar-refractivity contribution in [1.82, 2.24) is 20.3 Å². The van der Waals surface area contributed by atoms with Gasteiger partial charge in [0.25, 0.3) is 0 Å². The van der Waals surface area contributed by atoms with Crippen molar-refractivity contribution in [2.45, 2.75) is 26.5 Å². The van der Waals surface area contributed by atoms with Crippen LogP contribution in [0.1, 0.15) is 30.5 Å². The van der Waals surface area contributed by atoms with Gasteiger partial charge in [-0.2, -0.15) is 0 Å². The smallest absolute Gasteiger partial charge is 0.217 e. The number of aromatic nitrogens is 3. The lowest BCUT2D eigenvalue weighted by atomic mass is 10.2. The van der Waals surface area contributed by atoms with Crippen molar-refractivity contribution in [3.8, 4) is 16.3 Å². The number of pyridine rings is 2. The summed E-state index contributed by atoms with van der Waals surface area (Å²) < 4.78 is 5.88. The summed E-state index contributed by atoms with van der Waals surface area (Å²) in [7, 11) is 0. The fraction of sp³-hybridized carbons (Fsp3) is 0.167. The molecule has 0 saturated heterocycles.